The number of aromatic nitrogens is 2. The van der Waals surface area contributed by atoms with Gasteiger partial charge in [-0.25, -0.2) is 4.98 Å². The maximum atomic E-state index is 13.0. The third-order valence-corrected chi connectivity index (χ3v) is 6.40. The van der Waals surface area contributed by atoms with Crippen molar-refractivity contribution in [1.82, 2.24) is 25.9 Å². The summed E-state index contributed by atoms with van der Waals surface area (Å²) < 4.78 is 5.33. The second kappa shape index (κ2) is 10.6. The van der Waals surface area contributed by atoms with Crippen LogP contribution in [-0.4, -0.2) is 59.6 Å². The molecule has 2 N–H and O–H groups in total. The van der Waals surface area contributed by atoms with Gasteiger partial charge in [-0.3, -0.25) is 25.3 Å². The van der Waals surface area contributed by atoms with Crippen molar-refractivity contribution in [3.8, 4) is 11.3 Å². The van der Waals surface area contributed by atoms with E-state index in [9.17, 15) is 9.59 Å². The highest BCUT2D eigenvalue weighted by atomic mass is 16.5. The van der Waals surface area contributed by atoms with Crippen molar-refractivity contribution < 1.29 is 14.1 Å². The van der Waals surface area contributed by atoms with E-state index in [-0.39, 0.29) is 11.6 Å². The predicted molar refractivity (Wildman–Crippen MR) is 137 cm³/mol. The Kier molecular flexibility index (Phi) is 6.90. The zero-order valence-corrected chi connectivity index (χ0v) is 20.1. The summed E-state index contributed by atoms with van der Waals surface area (Å²) in [5.74, 6) is -0.694. The zero-order valence-electron chi connectivity index (χ0n) is 20.1. The van der Waals surface area contributed by atoms with Crippen LogP contribution in [0.4, 0.5) is 5.69 Å². The zero-order chi connectivity index (χ0) is 24.9. The van der Waals surface area contributed by atoms with Crippen LogP contribution in [0.15, 0.2) is 71.3 Å². The molecule has 5 rings (SSSR count). The number of carbonyl (C=O) groups is 2. The minimum Gasteiger partial charge on any atom is -0.369 e. The van der Waals surface area contributed by atoms with Gasteiger partial charge in [0, 0.05) is 50.4 Å². The number of benzene rings is 2. The van der Waals surface area contributed by atoms with E-state index >= 15 is 0 Å². The van der Waals surface area contributed by atoms with Gasteiger partial charge in [0.15, 0.2) is 0 Å². The second-order valence-electron chi connectivity index (χ2n) is 8.79. The highest BCUT2D eigenvalue weighted by Crippen LogP contribution is 2.26. The second-order valence-corrected chi connectivity index (χ2v) is 8.79. The van der Waals surface area contributed by atoms with E-state index in [1.54, 1.807) is 13.0 Å². The summed E-state index contributed by atoms with van der Waals surface area (Å²) in [6, 6.07) is 21.5. The molecule has 0 atom stereocenters. The fourth-order valence-corrected chi connectivity index (χ4v) is 4.42. The third-order valence-electron chi connectivity index (χ3n) is 6.40. The van der Waals surface area contributed by atoms with Gasteiger partial charge in [-0.05, 0) is 25.1 Å². The summed E-state index contributed by atoms with van der Waals surface area (Å²) in [6.07, 6.45) is 0.291. The maximum absolute atomic E-state index is 13.0. The lowest BCUT2D eigenvalue weighted by Gasteiger charge is -2.36. The molecule has 1 saturated heterocycles. The molecule has 1 aliphatic rings. The molecule has 1 aliphatic heterocycles. The molecule has 9 heteroatoms. The summed E-state index contributed by atoms with van der Waals surface area (Å²) in [5.41, 5.74) is 8.92. The van der Waals surface area contributed by atoms with E-state index in [2.05, 4.69) is 42.9 Å². The molecule has 0 unspecified atom stereocenters. The van der Waals surface area contributed by atoms with Crippen LogP contribution in [0.5, 0.6) is 0 Å². The number of aryl methyl sites for hydroxylation is 1. The van der Waals surface area contributed by atoms with Crippen molar-refractivity contribution in [2.45, 2.75) is 13.3 Å². The van der Waals surface area contributed by atoms with Crippen molar-refractivity contribution in [2.75, 3.05) is 37.6 Å². The third kappa shape index (κ3) is 5.21. The predicted octanol–water partition coefficient (Wildman–Crippen LogP) is 3.17. The quantitative estimate of drug-likeness (QED) is 0.405. The first-order valence-corrected chi connectivity index (χ1v) is 12.0. The smallest absolute Gasteiger partial charge is 0.270 e. The van der Waals surface area contributed by atoms with Gasteiger partial charge >= 0.3 is 0 Å². The standard InChI is InChI=1S/C27H28N6O3/c1-19-25-22(18-23(28-27(25)36-31-19)20-8-4-2-5-9-20)26(35)30-29-24(34)12-13-32-14-16-33(17-15-32)21-10-6-3-7-11-21/h2-11,18H,12-17H2,1H3,(H,29,34)(H,30,35). The van der Waals surface area contributed by atoms with E-state index in [0.717, 1.165) is 31.7 Å². The lowest BCUT2D eigenvalue weighted by Crippen LogP contribution is -2.48. The molecule has 2 amide bonds. The van der Waals surface area contributed by atoms with E-state index in [4.69, 9.17) is 4.52 Å². The number of hydrogen-bond donors (Lipinski definition) is 2. The Labute approximate surface area is 209 Å². The molecule has 0 spiro atoms. The molecule has 3 heterocycles. The molecule has 0 radical (unpaired) electrons. The van der Waals surface area contributed by atoms with Crippen molar-refractivity contribution in [2.24, 2.45) is 0 Å². The SMILES string of the molecule is Cc1noc2nc(-c3ccccc3)cc(C(=O)NNC(=O)CCN3CCN(c4ccccc4)CC3)c12. The number of nitrogens with zero attached hydrogens (tertiary/aromatic N) is 4. The maximum Gasteiger partial charge on any atom is 0.270 e. The number of para-hydroxylation sites is 1. The van der Waals surface area contributed by atoms with Crippen molar-refractivity contribution in [1.29, 1.82) is 0 Å². The number of pyridine rings is 1. The number of hydrazine groups is 1. The van der Waals surface area contributed by atoms with E-state index in [0.29, 0.717) is 35.3 Å². The summed E-state index contributed by atoms with van der Waals surface area (Å²) in [7, 11) is 0. The molecule has 184 valence electrons. The highest BCUT2D eigenvalue weighted by Gasteiger charge is 2.21. The van der Waals surface area contributed by atoms with Crippen molar-refractivity contribution >= 4 is 28.6 Å². The Morgan fingerprint density at radius 2 is 1.64 bits per heavy atom. The van der Waals surface area contributed by atoms with Crippen LogP contribution < -0.4 is 15.8 Å². The fraction of sp³-hybridized carbons (Fsp3) is 0.259. The van der Waals surface area contributed by atoms with Crippen LogP contribution in [0.25, 0.3) is 22.4 Å². The Morgan fingerprint density at radius 1 is 0.944 bits per heavy atom. The van der Waals surface area contributed by atoms with Gasteiger partial charge in [-0.1, -0.05) is 53.7 Å². The summed E-state index contributed by atoms with van der Waals surface area (Å²) in [4.78, 5) is 34.6. The number of hydrogen-bond acceptors (Lipinski definition) is 7. The number of amides is 2. The van der Waals surface area contributed by atoms with Gasteiger partial charge in [0.05, 0.1) is 22.3 Å². The summed E-state index contributed by atoms with van der Waals surface area (Å²) in [6.45, 7) is 6.00. The molecule has 9 nitrogen and oxygen atoms in total. The number of anilines is 1. The van der Waals surface area contributed by atoms with Crippen LogP contribution in [0.2, 0.25) is 0 Å². The van der Waals surface area contributed by atoms with Crippen LogP contribution in [0, 0.1) is 6.92 Å². The minimum atomic E-state index is -0.448. The van der Waals surface area contributed by atoms with Gasteiger partial charge in [-0.15, -0.1) is 0 Å². The summed E-state index contributed by atoms with van der Waals surface area (Å²) >= 11 is 0. The van der Waals surface area contributed by atoms with Gasteiger partial charge < -0.3 is 9.42 Å². The van der Waals surface area contributed by atoms with E-state index < -0.39 is 5.91 Å². The molecule has 36 heavy (non-hydrogen) atoms. The molecule has 2 aromatic heterocycles. The van der Waals surface area contributed by atoms with Crippen molar-refractivity contribution in [3.63, 3.8) is 0 Å². The molecular weight excluding hydrogens is 456 g/mol. The van der Waals surface area contributed by atoms with Crippen LogP contribution in [0.1, 0.15) is 22.5 Å². The molecule has 2 aromatic carbocycles. The van der Waals surface area contributed by atoms with Gasteiger partial charge in [0.2, 0.25) is 5.91 Å². The molecule has 1 fully saturated rings. The fourth-order valence-electron chi connectivity index (χ4n) is 4.42. The van der Waals surface area contributed by atoms with Crippen LogP contribution in [0.3, 0.4) is 0 Å². The lowest BCUT2D eigenvalue weighted by atomic mass is 10.1. The number of piperazine rings is 1. The number of carbonyl (C=O) groups excluding carboxylic acids is 2. The van der Waals surface area contributed by atoms with Gasteiger partial charge in [0.1, 0.15) is 0 Å². The van der Waals surface area contributed by atoms with E-state index in [1.807, 2.05) is 48.5 Å². The lowest BCUT2D eigenvalue weighted by molar-refractivity contribution is -0.122. The molecule has 0 saturated carbocycles. The molecular formula is C27H28N6O3. The normalized spacial score (nSPS) is 14.1. The van der Waals surface area contributed by atoms with E-state index in [1.165, 1.54) is 5.69 Å². The number of rotatable bonds is 6. The number of nitrogens with one attached hydrogen (secondary N) is 2. The Bertz CT molecular complexity index is 1350. The van der Waals surface area contributed by atoms with Crippen LogP contribution in [-0.2, 0) is 4.79 Å². The first-order chi connectivity index (χ1) is 17.6. The topological polar surface area (TPSA) is 104 Å². The Hall–Kier alpha value is -4.24. The Morgan fingerprint density at radius 3 is 2.36 bits per heavy atom. The highest BCUT2D eigenvalue weighted by molar-refractivity contribution is 6.07. The largest absolute Gasteiger partial charge is 0.369 e. The average molecular weight is 485 g/mol. The summed E-state index contributed by atoms with van der Waals surface area (Å²) in [5, 5.41) is 4.49. The minimum absolute atomic E-state index is 0.246. The number of fused-ring (bicyclic) bond motifs is 1. The Balaban J connectivity index is 1.16. The first kappa shape index (κ1) is 23.5. The van der Waals surface area contributed by atoms with Gasteiger partial charge in [0.25, 0.3) is 11.6 Å². The monoisotopic (exact) mass is 484 g/mol. The first-order valence-electron chi connectivity index (χ1n) is 12.0. The molecule has 0 aliphatic carbocycles. The van der Waals surface area contributed by atoms with Crippen LogP contribution >= 0.6 is 0 Å². The van der Waals surface area contributed by atoms with Crippen molar-refractivity contribution in [3.05, 3.63) is 78.0 Å². The molecule has 0 bridgehead atoms. The molecule has 4 aromatic rings. The van der Waals surface area contributed by atoms with Gasteiger partial charge in [-0.2, -0.15) is 0 Å². The average Bonchev–Trinajstić information content (AvgIpc) is 3.31.